The third-order valence-electron chi connectivity index (χ3n) is 8.98. The molecule has 0 amide bonds. The van der Waals surface area contributed by atoms with E-state index in [2.05, 4.69) is 54.6 Å². The quantitative estimate of drug-likeness (QED) is 0.181. The van der Waals surface area contributed by atoms with E-state index in [-0.39, 0.29) is 41.1 Å². The fourth-order valence-corrected chi connectivity index (χ4v) is 6.33. The largest absolute Gasteiger partial charge is 0.208 e. The Morgan fingerprint density at radius 1 is 0.300 bits per heavy atom. The van der Waals surface area contributed by atoms with Crippen molar-refractivity contribution in [2.45, 2.75) is 0 Å². The molecule has 0 saturated carbocycles. The molecule has 1 aromatic heterocycles. The van der Waals surface area contributed by atoms with Crippen molar-refractivity contribution in [2.24, 2.45) is 0 Å². The highest BCUT2D eigenvalue weighted by Gasteiger charge is 2.14. The van der Waals surface area contributed by atoms with Crippen LogP contribution in [0, 0.1) is 0 Å². The van der Waals surface area contributed by atoms with Crippen LogP contribution in [0.4, 0.5) is 0 Å². The Balaban J connectivity index is 1.15. The molecule has 0 atom stereocenters. The molecule has 50 heavy (non-hydrogen) atoms. The maximum Gasteiger partial charge on any atom is 0.164 e. The molecule has 0 unspecified atom stereocenters. The van der Waals surface area contributed by atoms with Crippen molar-refractivity contribution in [1.29, 1.82) is 0 Å². The number of rotatable bonds is 6. The molecule has 0 N–H and O–H groups in total. The Labute approximate surface area is 296 Å². The zero-order chi connectivity index (χ0) is 36.8. The Bertz CT molecular complexity index is 2860. The molecule has 0 radical (unpaired) electrons. The van der Waals surface area contributed by atoms with Crippen LogP contribution in [-0.4, -0.2) is 15.0 Å². The molecule has 0 aliphatic carbocycles. The fraction of sp³-hybridized carbons (Fsp3) is 0. The van der Waals surface area contributed by atoms with E-state index in [4.69, 9.17) is 19.1 Å². The first-order chi connectivity index (χ1) is 26.4. The van der Waals surface area contributed by atoms with Gasteiger partial charge in [0.2, 0.25) is 0 Å². The molecule has 0 fully saturated rings. The van der Waals surface area contributed by atoms with Crippen LogP contribution in [0.5, 0.6) is 0 Å². The molecule has 8 aromatic carbocycles. The molecule has 1 heterocycles. The van der Waals surface area contributed by atoms with E-state index in [1.54, 1.807) is 0 Å². The lowest BCUT2D eigenvalue weighted by molar-refractivity contribution is 1.07. The molecule has 0 aliphatic rings. The molecule has 0 saturated heterocycles. The van der Waals surface area contributed by atoms with Gasteiger partial charge in [0.25, 0.3) is 0 Å². The normalized spacial score (nSPS) is 12.3. The Morgan fingerprint density at radius 2 is 0.680 bits per heavy atom. The van der Waals surface area contributed by atoms with Gasteiger partial charge in [-0.3, -0.25) is 0 Å². The highest BCUT2D eigenvalue weighted by atomic mass is 15.0. The number of fused-ring (bicyclic) bond motifs is 2. The summed E-state index contributed by atoms with van der Waals surface area (Å²) in [6.07, 6.45) is 0. The first-order valence-electron chi connectivity index (χ1n) is 18.5. The van der Waals surface area contributed by atoms with Crippen LogP contribution < -0.4 is 0 Å². The first kappa shape index (κ1) is 25.3. The van der Waals surface area contributed by atoms with Crippen molar-refractivity contribution in [3.63, 3.8) is 0 Å². The second-order valence-electron chi connectivity index (χ2n) is 12.2. The minimum Gasteiger partial charge on any atom is -0.208 e. The highest BCUT2D eigenvalue weighted by molar-refractivity contribution is 5.93. The highest BCUT2D eigenvalue weighted by Crippen LogP contribution is 2.33. The van der Waals surface area contributed by atoms with Crippen molar-refractivity contribution in [3.05, 3.63) is 188 Å². The second-order valence-corrected chi connectivity index (χ2v) is 12.2. The summed E-state index contributed by atoms with van der Waals surface area (Å²) in [5, 5.41) is 4.32. The summed E-state index contributed by atoms with van der Waals surface area (Å²) < 4.78 is 36.3. The average Bonchev–Trinajstić information content (AvgIpc) is 3.23. The summed E-state index contributed by atoms with van der Waals surface area (Å²) in [4.78, 5) is 14.5. The zero-order valence-corrected chi connectivity index (χ0v) is 26.9. The minimum absolute atomic E-state index is 0.0799. The van der Waals surface area contributed by atoms with Crippen molar-refractivity contribution in [1.82, 2.24) is 15.0 Å². The molecule has 9 rings (SSSR count). The maximum atomic E-state index is 9.47. The van der Waals surface area contributed by atoms with E-state index in [0.29, 0.717) is 17.2 Å². The van der Waals surface area contributed by atoms with E-state index in [1.807, 2.05) is 109 Å². The maximum absolute atomic E-state index is 9.47. The predicted octanol–water partition coefficient (Wildman–Crippen LogP) is 12.2. The van der Waals surface area contributed by atoms with Gasteiger partial charge in [0.15, 0.2) is 17.5 Å². The smallest absolute Gasteiger partial charge is 0.164 e. The van der Waals surface area contributed by atoms with E-state index in [0.717, 1.165) is 44.2 Å². The van der Waals surface area contributed by atoms with Crippen LogP contribution in [0.25, 0.3) is 89.1 Å². The Morgan fingerprint density at radius 3 is 1.30 bits per heavy atom. The lowest BCUT2D eigenvalue weighted by Gasteiger charge is -2.11. The monoisotopic (exact) mass is 641 g/mol. The van der Waals surface area contributed by atoms with E-state index >= 15 is 0 Å². The number of hydrogen-bond donors (Lipinski definition) is 0. The minimum atomic E-state index is -0.293. The molecular formula is C47H31N3. The third-order valence-corrected chi connectivity index (χ3v) is 8.98. The van der Waals surface area contributed by atoms with Crippen LogP contribution in [0.15, 0.2) is 188 Å². The summed E-state index contributed by atoms with van der Waals surface area (Å²) in [5.41, 5.74) is 6.79. The number of aromatic nitrogens is 3. The van der Waals surface area contributed by atoms with Crippen molar-refractivity contribution >= 4 is 21.5 Å². The van der Waals surface area contributed by atoms with Gasteiger partial charge in [-0.05, 0) is 79.2 Å². The topological polar surface area (TPSA) is 38.7 Å². The summed E-state index contributed by atoms with van der Waals surface area (Å²) in [5.74, 6) is 0.877. The summed E-state index contributed by atoms with van der Waals surface area (Å²) in [6, 6.07) is 53.6. The lowest BCUT2D eigenvalue weighted by Crippen LogP contribution is -2.00. The van der Waals surface area contributed by atoms with E-state index < -0.39 is 0 Å². The molecule has 3 nitrogen and oxygen atoms in total. The van der Waals surface area contributed by atoms with Crippen LogP contribution in [0.3, 0.4) is 0 Å². The number of benzene rings is 8. The van der Waals surface area contributed by atoms with Gasteiger partial charge in [0.1, 0.15) is 0 Å². The van der Waals surface area contributed by atoms with Crippen molar-refractivity contribution in [2.75, 3.05) is 0 Å². The van der Waals surface area contributed by atoms with Crippen LogP contribution >= 0.6 is 0 Å². The Hall–Kier alpha value is -6.71. The molecule has 0 bridgehead atoms. The molecule has 9 aromatic rings. The van der Waals surface area contributed by atoms with E-state index in [1.165, 1.54) is 10.8 Å². The van der Waals surface area contributed by atoms with Crippen molar-refractivity contribution < 1.29 is 5.48 Å². The zero-order valence-electron chi connectivity index (χ0n) is 30.9. The molecule has 3 heteroatoms. The lowest BCUT2D eigenvalue weighted by atomic mass is 9.96. The van der Waals surface area contributed by atoms with Gasteiger partial charge in [-0.15, -0.1) is 0 Å². The average molecular weight is 642 g/mol. The van der Waals surface area contributed by atoms with Gasteiger partial charge in [0, 0.05) is 16.7 Å². The number of hydrogen-bond acceptors (Lipinski definition) is 3. The van der Waals surface area contributed by atoms with Gasteiger partial charge in [-0.25, -0.2) is 15.0 Å². The molecule has 234 valence electrons. The van der Waals surface area contributed by atoms with Crippen LogP contribution in [0.2, 0.25) is 0 Å². The SMILES string of the molecule is [2H]c1c([2H])c(-c2ccc3cc(-c4ccc5ccccc5c4)ccc3c2)c([2H])c(-c2nc(-c3ccccc3)nc(-c3ccc(-c4ccccc4)cc3)n2)c1[2H]. The van der Waals surface area contributed by atoms with Crippen LogP contribution in [-0.2, 0) is 0 Å². The summed E-state index contributed by atoms with van der Waals surface area (Å²) in [7, 11) is 0. The first-order valence-corrected chi connectivity index (χ1v) is 16.5. The third kappa shape index (κ3) is 5.82. The molecule has 0 spiro atoms. The molecular weight excluding hydrogens is 607 g/mol. The van der Waals surface area contributed by atoms with Gasteiger partial charge in [-0.2, -0.15) is 0 Å². The van der Waals surface area contributed by atoms with Gasteiger partial charge >= 0.3 is 0 Å². The van der Waals surface area contributed by atoms with Gasteiger partial charge < -0.3 is 0 Å². The fourth-order valence-electron chi connectivity index (χ4n) is 6.33. The van der Waals surface area contributed by atoms with E-state index in [9.17, 15) is 1.37 Å². The van der Waals surface area contributed by atoms with Crippen LogP contribution in [0.1, 0.15) is 5.48 Å². The Kier molecular flexibility index (Phi) is 6.44. The van der Waals surface area contributed by atoms with Gasteiger partial charge in [-0.1, -0.05) is 164 Å². The predicted molar refractivity (Wildman–Crippen MR) is 207 cm³/mol. The van der Waals surface area contributed by atoms with Gasteiger partial charge in [0.05, 0.1) is 5.48 Å². The number of nitrogens with zero attached hydrogens (tertiary/aromatic N) is 3. The molecule has 0 aliphatic heterocycles. The summed E-state index contributed by atoms with van der Waals surface area (Å²) >= 11 is 0. The van der Waals surface area contributed by atoms with Crippen molar-refractivity contribution in [3.8, 4) is 67.5 Å². The standard InChI is InChI=1S/C47H31N3/c1-3-10-32(11-4-1)34-18-21-36(22-19-34)46-48-45(35-13-5-2-6-14-35)49-47(50-46)44-17-9-16-38(31-44)39-24-25-43-30-42(27-26-41(43)29-39)40-23-20-33-12-7-8-15-37(33)28-40/h1-31H/i9D,16D,17D,31D. The summed E-state index contributed by atoms with van der Waals surface area (Å²) in [6.45, 7) is 0. The second kappa shape index (κ2) is 12.7.